The van der Waals surface area contributed by atoms with E-state index in [-0.39, 0.29) is 5.95 Å². The van der Waals surface area contributed by atoms with Crippen molar-refractivity contribution in [1.82, 2.24) is 4.98 Å². The van der Waals surface area contributed by atoms with Gasteiger partial charge in [0.1, 0.15) is 0 Å². The highest BCUT2D eigenvalue weighted by atomic mass is 16.5. The van der Waals surface area contributed by atoms with Crippen molar-refractivity contribution in [2.75, 3.05) is 24.7 Å². The molecule has 0 radical (unpaired) electrons. The number of nitrogen functional groups attached to an aromatic ring is 1. The molecule has 0 aliphatic rings. The molecular formula is C7H12N4O2. The van der Waals surface area contributed by atoms with Crippen LogP contribution in [0.25, 0.3) is 0 Å². The lowest BCUT2D eigenvalue weighted by Crippen LogP contribution is -2.35. The smallest absolute Gasteiger partial charge is 0.347 e. The van der Waals surface area contributed by atoms with Gasteiger partial charge >= 0.3 is 5.95 Å². The van der Waals surface area contributed by atoms with E-state index in [0.717, 1.165) is 0 Å². The maximum Gasteiger partial charge on any atom is 0.347 e. The monoisotopic (exact) mass is 184 g/mol. The van der Waals surface area contributed by atoms with Gasteiger partial charge < -0.3 is 21.0 Å². The minimum Gasteiger partial charge on any atom is -0.754 e. The molecule has 1 aromatic heterocycles. The van der Waals surface area contributed by atoms with E-state index >= 15 is 0 Å². The topological polar surface area (TPSA) is 87.1 Å². The molecule has 0 amide bonds. The van der Waals surface area contributed by atoms with Gasteiger partial charge in [-0.2, -0.15) is 0 Å². The summed E-state index contributed by atoms with van der Waals surface area (Å²) >= 11 is 0. The number of rotatable bonds is 3. The fourth-order valence-electron chi connectivity index (χ4n) is 0.885. The number of nitrogens with one attached hydrogen (secondary N) is 1. The molecule has 0 bridgehead atoms. The van der Waals surface area contributed by atoms with E-state index in [9.17, 15) is 5.21 Å². The van der Waals surface area contributed by atoms with Crippen LogP contribution in [0.4, 0.5) is 11.8 Å². The first-order chi connectivity index (χ1) is 6.19. The molecule has 0 saturated carbocycles. The van der Waals surface area contributed by atoms with Crippen molar-refractivity contribution >= 4 is 11.8 Å². The molecule has 6 nitrogen and oxygen atoms in total. The second-order valence-corrected chi connectivity index (χ2v) is 2.32. The maximum absolute atomic E-state index is 11.2. The third-order valence-corrected chi connectivity index (χ3v) is 1.46. The van der Waals surface area contributed by atoms with Crippen LogP contribution in [0.3, 0.4) is 0 Å². The van der Waals surface area contributed by atoms with Crippen LogP contribution in [-0.2, 0) is 0 Å². The van der Waals surface area contributed by atoms with Gasteiger partial charge in [0.05, 0.1) is 12.7 Å². The van der Waals surface area contributed by atoms with Gasteiger partial charge in [-0.25, -0.2) is 4.73 Å². The van der Waals surface area contributed by atoms with Crippen molar-refractivity contribution in [2.45, 2.75) is 6.92 Å². The van der Waals surface area contributed by atoms with Crippen molar-refractivity contribution in [3.63, 3.8) is 0 Å². The number of ether oxygens (including phenoxy) is 1. The van der Waals surface area contributed by atoms with Crippen LogP contribution in [0.1, 0.15) is 6.92 Å². The fourth-order valence-corrected chi connectivity index (χ4v) is 0.885. The summed E-state index contributed by atoms with van der Waals surface area (Å²) in [4.78, 5) is 3.74. The number of anilines is 2. The largest absolute Gasteiger partial charge is 0.754 e. The van der Waals surface area contributed by atoms with E-state index in [1.54, 1.807) is 7.05 Å². The van der Waals surface area contributed by atoms with Crippen LogP contribution >= 0.6 is 0 Å². The SMILES string of the molecule is CCOc1cc(NC)[n+]([O-])c(N)n1. The second kappa shape index (κ2) is 3.79. The normalized spacial score (nSPS) is 9.69. The van der Waals surface area contributed by atoms with Crippen LogP contribution < -0.4 is 20.5 Å². The Labute approximate surface area is 75.9 Å². The van der Waals surface area contributed by atoms with E-state index in [1.165, 1.54) is 6.07 Å². The minimum absolute atomic E-state index is 0.129. The first kappa shape index (κ1) is 9.37. The standard InChI is InChI=1S/C7H12N4O2/c1-3-13-6-4-5(9-2)11(12)7(8)10-6/h4,9H,3H2,1-2H3,(H2,8,10). The molecule has 3 N–H and O–H groups in total. The third kappa shape index (κ3) is 1.90. The van der Waals surface area contributed by atoms with Gasteiger partial charge in [-0.1, -0.05) is 4.98 Å². The highest BCUT2D eigenvalue weighted by Gasteiger charge is 2.08. The Hall–Kier alpha value is -1.72. The lowest BCUT2D eigenvalue weighted by atomic mass is 10.5. The number of nitrogens with zero attached hydrogens (tertiary/aromatic N) is 2. The molecule has 1 heterocycles. The molecule has 0 aliphatic carbocycles. The van der Waals surface area contributed by atoms with Gasteiger partial charge in [-0.15, -0.1) is 0 Å². The quantitative estimate of drug-likeness (QED) is 0.499. The van der Waals surface area contributed by atoms with Crippen molar-refractivity contribution in [3.05, 3.63) is 11.3 Å². The minimum atomic E-state index is -0.129. The number of hydrogen-bond acceptors (Lipinski definition) is 5. The van der Waals surface area contributed by atoms with Crippen LogP contribution in [0, 0.1) is 5.21 Å². The first-order valence-corrected chi connectivity index (χ1v) is 3.89. The molecule has 0 unspecified atom stereocenters. The van der Waals surface area contributed by atoms with E-state index in [4.69, 9.17) is 10.5 Å². The molecule has 0 atom stereocenters. The van der Waals surface area contributed by atoms with E-state index in [1.807, 2.05) is 6.92 Å². The third-order valence-electron chi connectivity index (χ3n) is 1.46. The summed E-state index contributed by atoms with van der Waals surface area (Å²) in [5, 5.41) is 13.9. The highest BCUT2D eigenvalue weighted by molar-refractivity contribution is 5.35. The molecule has 0 fully saturated rings. The highest BCUT2D eigenvalue weighted by Crippen LogP contribution is 2.11. The average Bonchev–Trinajstić information content (AvgIpc) is 2.11. The zero-order valence-corrected chi connectivity index (χ0v) is 7.57. The molecule has 0 aromatic carbocycles. The molecule has 13 heavy (non-hydrogen) atoms. The number of nitrogens with two attached hydrogens (primary N) is 1. The van der Waals surface area contributed by atoms with Gasteiger partial charge in [0, 0.05) is 7.05 Å². The molecule has 1 rings (SSSR count). The van der Waals surface area contributed by atoms with Crippen molar-refractivity contribution in [2.24, 2.45) is 0 Å². The Bertz CT molecular complexity index is 303. The summed E-state index contributed by atoms with van der Waals surface area (Å²) in [6.45, 7) is 2.31. The lowest BCUT2D eigenvalue weighted by Gasteiger charge is -2.12. The first-order valence-electron chi connectivity index (χ1n) is 3.89. The zero-order chi connectivity index (χ0) is 9.84. The zero-order valence-electron chi connectivity index (χ0n) is 7.57. The lowest BCUT2D eigenvalue weighted by molar-refractivity contribution is -0.577. The predicted octanol–water partition coefficient (Wildman–Crippen LogP) is -0.262. The Balaban J connectivity index is 3.06. The summed E-state index contributed by atoms with van der Waals surface area (Å²) in [5.74, 6) is 0.530. The van der Waals surface area contributed by atoms with Crippen molar-refractivity contribution in [3.8, 4) is 5.88 Å². The van der Waals surface area contributed by atoms with Gasteiger partial charge in [0.2, 0.25) is 5.82 Å². The molecule has 0 saturated heterocycles. The summed E-state index contributed by atoms with van der Waals surface area (Å²) in [5.41, 5.74) is 5.35. The molecular weight excluding hydrogens is 172 g/mol. The van der Waals surface area contributed by atoms with Crippen molar-refractivity contribution < 1.29 is 9.47 Å². The maximum atomic E-state index is 11.2. The van der Waals surface area contributed by atoms with E-state index < -0.39 is 0 Å². The van der Waals surface area contributed by atoms with Crippen LogP contribution in [-0.4, -0.2) is 18.6 Å². The Morgan fingerprint density at radius 2 is 2.46 bits per heavy atom. The van der Waals surface area contributed by atoms with Gasteiger partial charge in [-0.3, -0.25) is 0 Å². The fraction of sp³-hybridized carbons (Fsp3) is 0.429. The van der Waals surface area contributed by atoms with Crippen LogP contribution in [0.5, 0.6) is 5.88 Å². The summed E-state index contributed by atoms with van der Waals surface area (Å²) in [6.07, 6.45) is 0. The van der Waals surface area contributed by atoms with Crippen LogP contribution in [0.2, 0.25) is 0 Å². The van der Waals surface area contributed by atoms with Gasteiger partial charge in [0.25, 0.3) is 5.88 Å². The van der Waals surface area contributed by atoms with E-state index in [0.29, 0.717) is 23.0 Å². The van der Waals surface area contributed by atoms with Crippen molar-refractivity contribution in [1.29, 1.82) is 0 Å². The second-order valence-electron chi connectivity index (χ2n) is 2.32. The summed E-state index contributed by atoms with van der Waals surface area (Å²) in [6, 6.07) is 1.49. The molecule has 0 aliphatic heterocycles. The molecule has 0 spiro atoms. The molecule has 1 aromatic rings. The average molecular weight is 184 g/mol. The Morgan fingerprint density at radius 3 is 3.00 bits per heavy atom. The Morgan fingerprint density at radius 1 is 1.77 bits per heavy atom. The predicted molar refractivity (Wildman–Crippen MR) is 48.3 cm³/mol. The van der Waals surface area contributed by atoms with E-state index in [2.05, 4.69) is 10.3 Å². The van der Waals surface area contributed by atoms with Gasteiger partial charge in [0.15, 0.2) is 0 Å². The Kier molecular flexibility index (Phi) is 2.73. The molecule has 6 heteroatoms. The summed E-state index contributed by atoms with van der Waals surface area (Å²) < 4.78 is 5.60. The number of hydrogen-bond donors (Lipinski definition) is 2. The van der Waals surface area contributed by atoms with Gasteiger partial charge in [-0.05, 0) is 6.92 Å². The van der Waals surface area contributed by atoms with Crippen LogP contribution in [0.15, 0.2) is 6.07 Å². The summed E-state index contributed by atoms with van der Waals surface area (Å²) in [7, 11) is 1.62. The number of aromatic nitrogens is 2. The molecule has 72 valence electrons.